The molecule has 0 bridgehead atoms. The fourth-order valence-corrected chi connectivity index (χ4v) is 1.73. The van der Waals surface area contributed by atoms with Gasteiger partial charge in [0.2, 0.25) is 11.9 Å². The molecule has 0 aliphatic heterocycles. The minimum Gasteiger partial charge on any atom is -0.467 e. The lowest BCUT2D eigenvalue weighted by molar-refractivity contribution is 0.143. The second-order valence-electron chi connectivity index (χ2n) is 4.03. The summed E-state index contributed by atoms with van der Waals surface area (Å²) in [6.07, 6.45) is 2.86. The number of hydrogen-bond donors (Lipinski definition) is 4. The number of ether oxygens (including phenoxy) is 1. The third-order valence-electron chi connectivity index (χ3n) is 2.92. The first kappa shape index (κ1) is 11.8. The van der Waals surface area contributed by atoms with Crippen molar-refractivity contribution in [3.8, 4) is 6.01 Å². The topological polar surface area (TPSA) is 118 Å². The molecule has 0 unspecified atom stereocenters. The fraction of sp³-hybridized carbons (Fsp3) is 0.667. The molecule has 0 aromatic carbocycles. The lowest BCUT2D eigenvalue weighted by Gasteiger charge is -2.40. The molecule has 0 saturated heterocycles. The van der Waals surface area contributed by atoms with E-state index in [9.17, 15) is 5.11 Å². The predicted octanol–water partition coefficient (Wildman–Crippen LogP) is -0.507. The monoisotopic (exact) mass is 240 g/mol. The average Bonchev–Trinajstić information content (AvgIpc) is 2.33. The molecule has 8 heteroatoms. The fourth-order valence-electron chi connectivity index (χ4n) is 1.73. The van der Waals surface area contributed by atoms with E-state index in [1.807, 2.05) is 0 Å². The molecule has 0 atom stereocenters. The van der Waals surface area contributed by atoms with E-state index in [1.165, 1.54) is 7.11 Å². The zero-order chi connectivity index (χ0) is 12.3. The van der Waals surface area contributed by atoms with Crippen molar-refractivity contribution < 1.29 is 9.84 Å². The maximum absolute atomic E-state index is 9.35. The number of nitrogens with two attached hydrogens (primary N) is 1. The third kappa shape index (κ3) is 2.37. The number of methoxy groups -OCH3 is 1. The highest BCUT2D eigenvalue weighted by atomic mass is 16.5. The summed E-state index contributed by atoms with van der Waals surface area (Å²) in [7, 11) is 1.46. The molecule has 1 saturated carbocycles. The average molecular weight is 240 g/mol. The molecule has 1 aromatic heterocycles. The van der Waals surface area contributed by atoms with E-state index < -0.39 is 0 Å². The number of nitrogens with one attached hydrogen (secondary N) is 2. The van der Waals surface area contributed by atoms with E-state index in [0.717, 1.165) is 19.3 Å². The summed E-state index contributed by atoms with van der Waals surface area (Å²) in [6, 6.07) is 0.169. The summed E-state index contributed by atoms with van der Waals surface area (Å²) < 4.78 is 4.94. The molecule has 94 valence electrons. The number of nitrogen functional groups attached to an aromatic ring is 1. The highest BCUT2D eigenvalue weighted by Crippen LogP contribution is 2.34. The van der Waals surface area contributed by atoms with Crippen molar-refractivity contribution >= 4 is 11.9 Å². The molecule has 0 spiro atoms. The van der Waals surface area contributed by atoms with Gasteiger partial charge in [0.1, 0.15) is 0 Å². The van der Waals surface area contributed by atoms with Crippen LogP contribution < -0.4 is 21.3 Å². The van der Waals surface area contributed by atoms with Crippen LogP contribution in [0.2, 0.25) is 0 Å². The van der Waals surface area contributed by atoms with Gasteiger partial charge in [-0.3, -0.25) is 5.43 Å². The first-order valence-corrected chi connectivity index (χ1v) is 5.37. The van der Waals surface area contributed by atoms with Gasteiger partial charge in [-0.15, -0.1) is 0 Å². The van der Waals surface area contributed by atoms with Crippen molar-refractivity contribution in [1.29, 1.82) is 0 Å². The molecule has 17 heavy (non-hydrogen) atoms. The SMILES string of the molecule is COc1nc(NN)nc(NC2(CO)CCC2)n1. The Hall–Kier alpha value is -1.67. The minimum atomic E-state index is -0.321. The highest BCUT2D eigenvalue weighted by Gasteiger charge is 2.37. The Morgan fingerprint density at radius 2 is 2.06 bits per heavy atom. The molecule has 1 fully saturated rings. The molecular weight excluding hydrogens is 224 g/mol. The molecule has 1 aliphatic carbocycles. The molecule has 1 aromatic rings. The molecule has 1 heterocycles. The minimum absolute atomic E-state index is 0.0480. The van der Waals surface area contributed by atoms with Crippen LogP contribution in [0.4, 0.5) is 11.9 Å². The maximum Gasteiger partial charge on any atom is 0.322 e. The van der Waals surface area contributed by atoms with Crippen LogP contribution in [0.1, 0.15) is 19.3 Å². The van der Waals surface area contributed by atoms with E-state index in [0.29, 0.717) is 5.95 Å². The number of hydrogen-bond acceptors (Lipinski definition) is 8. The molecule has 8 nitrogen and oxygen atoms in total. The lowest BCUT2D eigenvalue weighted by atomic mass is 9.77. The number of aliphatic hydroxyl groups is 1. The number of rotatable bonds is 5. The van der Waals surface area contributed by atoms with Crippen LogP contribution in [0.25, 0.3) is 0 Å². The number of aliphatic hydroxyl groups excluding tert-OH is 1. The Labute approximate surface area is 98.6 Å². The van der Waals surface area contributed by atoms with Crippen LogP contribution >= 0.6 is 0 Å². The first-order chi connectivity index (χ1) is 8.21. The predicted molar refractivity (Wildman–Crippen MR) is 61.5 cm³/mol. The van der Waals surface area contributed by atoms with Gasteiger partial charge < -0.3 is 15.2 Å². The number of anilines is 2. The van der Waals surface area contributed by atoms with E-state index >= 15 is 0 Å². The van der Waals surface area contributed by atoms with Gasteiger partial charge in [-0.1, -0.05) is 0 Å². The van der Waals surface area contributed by atoms with Crippen LogP contribution in [-0.4, -0.2) is 39.3 Å². The van der Waals surface area contributed by atoms with E-state index in [4.69, 9.17) is 10.6 Å². The number of nitrogens with zero attached hydrogens (tertiary/aromatic N) is 3. The standard InChI is InChI=1S/C9H16N6O2/c1-17-8-12-6(11-7(13-8)15-10)14-9(5-16)3-2-4-9/h16H,2-5,10H2,1H3,(H2,11,12,13,14,15). The largest absolute Gasteiger partial charge is 0.467 e. The Morgan fingerprint density at radius 3 is 2.53 bits per heavy atom. The molecule has 2 rings (SSSR count). The molecule has 1 aliphatic rings. The van der Waals surface area contributed by atoms with Gasteiger partial charge in [-0.05, 0) is 19.3 Å². The normalized spacial score (nSPS) is 17.1. The molecule has 5 N–H and O–H groups in total. The van der Waals surface area contributed by atoms with Crippen LogP contribution in [0.3, 0.4) is 0 Å². The molecule has 0 radical (unpaired) electrons. The van der Waals surface area contributed by atoms with Crippen molar-refractivity contribution in [1.82, 2.24) is 15.0 Å². The maximum atomic E-state index is 9.35. The van der Waals surface area contributed by atoms with Crippen molar-refractivity contribution in [2.45, 2.75) is 24.8 Å². The van der Waals surface area contributed by atoms with Gasteiger partial charge >= 0.3 is 6.01 Å². The molecule has 0 amide bonds. The van der Waals surface area contributed by atoms with Crippen molar-refractivity contribution in [3.63, 3.8) is 0 Å². The van der Waals surface area contributed by atoms with E-state index in [2.05, 4.69) is 25.7 Å². The first-order valence-electron chi connectivity index (χ1n) is 5.37. The van der Waals surface area contributed by atoms with Crippen molar-refractivity contribution in [2.75, 3.05) is 24.5 Å². The van der Waals surface area contributed by atoms with Gasteiger partial charge in [-0.25, -0.2) is 5.84 Å². The van der Waals surface area contributed by atoms with Crippen molar-refractivity contribution in [2.24, 2.45) is 5.84 Å². The molecular formula is C9H16N6O2. The summed E-state index contributed by atoms with van der Waals surface area (Å²) >= 11 is 0. The third-order valence-corrected chi connectivity index (χ3v) is 2.92. The second-order valence-corrected chi connectivity index (χ2v) is 4.03. The smallest absolute Gasteiger partial charge is 0.322 e. The quantitative estimate of drug-likeness (QED) is 0.401. The zero-order valence-electron chi connectivity index (χ0n) is 9.60. The summed E-state index contributed by atoms with van der Waals surface area (Å²) in [5.74, 6) is 5.81. The van der Waals surface area contributed by atoms with Gasteiger partial charge in [0.25, 0.3) is 0 Å². The zero-order valence-corrected chi connectivity index (χ0v) is 9.60. The number of hydrazine groups is 1. The summed E-state index contributed by atoms with van der Waals surface area (Å²) in [6.45, 7) is 0.0480. The van der Waals surface area contributed by atoms with Gasteiger partial charge in [0, 0.05) is 0 Å². The van der Waals surface area contributed by atoms with Crippen LogP contribution in [0, 0.1) is 0 Å². The Morgan fingerprint density at radius 1 is 1.35 bits per heavy atom. The second kappa shape index (κ2) is 4.68. The van der Waals surface area contributed by atoms with E-state index in [-0.39, 0.29) is 24.1 Å². The van der Waals surface area contributed by atoms with Crippen LogP contribution in [-0.2, 0) is 0 Å². The Kier molecular flexibility index (Phi) is 3.25. The number of aromatic nitrogens is 3. The summed E-state index contributed by atoms with van der Waals surface area (Å²) in [5, 5.41) is 12.4. The van der Waals surface area contributed by atoms with E-state index in [1.54, 1.807) is 0 Å². The van der Waals surface area contributed by atoms with Gasteiger partial charge in [-0.2, -0.15) is 15.0 Å². The summed E-state index contributed by atoms with van der Waals surface area (Å²) in [4.78, 5) is 12.0. The highest BCUT2D eigenvalue weighted by molar-refractivity contribution is 5.38. The van der Waals surface area contributed by atoms with Crippen LogP contribution in [0.5, 0.6) is 6.01 Å². The van der Waals surface area contributed by atoms with Gasteiger partial charge in [0.05, 0.1) is 19.3 Å². The summed E-state index contributed by atoms with van der Waals surface area (Å²) in [5.41, 5.74) is 2.02. The van der Waals surface area contributed by atoms with Crippen molar-refractivity contribution in [3.05, 3.63) is 0 Å². The Bertz CT molecular complexity index is 367. The Balaban J connectivity index is 2.19. The van der Waals surface area contributed by atoms with Gasteiger partial charge in [0.15, 0.2) is 0 Å². The van der Waals surface area contributed by atoms with Crippen LogP contribution in [0.15, 0.2) is 0 Å². The lowest BCUT2D eigenvalue weighted by Crippen LogP contribution is -2.48.